The largest absolute Gasteiger partial charge is 0.387 e. The van der Waals surface area contributed by atoms with E-state index in [1.807, 2.05) is 23.9 Å². The molecule has 0 amide bonds. The van der Waals surface area contributed by atoms with Crippen LogP contribution in [-0.2, 0) is 12.8 Å². The minimum atomic E-state index is -0.560. The molecule has 0 fully saturated rings. The molecule has 0 aliphatic carbocycles. The summed E-state index contributed by atoms with van der Waals surface area (Å²) in [4.78, 5) is 0.858. The molecule has 2 heterocycles. The Labute approximate surface area is 111 Å². The number of aromatic nitrogens is 4. The molecule has 6 heteroatoms. The summed E-state index contributed by atoms with van der Waals surface area (Å²) >= 11 is 1.27. The number of aliphatic hydroxyl groups excluding tert-OH is 1. The number of rotatable bonds is 5. The Bertz CT molecular complexity index is 506. The molecule has 0 aliphatic heterocycles. The van der Waals surface area contributed by atoms with Gasteiger partial charge in [-0.2, -0.15) is 5.10 Å². The fraction of sp³-hybridized carbons (Fsp3) is 0.583. The van der Waals surface area contributed by atoms with Gasteiger partial charge in [0.25, 0.3) is 0 Å². The van der Waals surface area contributed by atoms with Crippen LogP contribution in [0.2, 0.25) is 0 Å². The molecular formula is C12H18N4OS. The van der Waals surface area contributed by atoms with Crippen molar-refractivity contribution >= 4 is 11.5 Å². The second-order valence-corrected chi connectivity index (χ2v) is 5.32. The van der Waals surface area contributed by atoms with Gasteiger partial charge in [-0.25, -0.2) is 0 Å². The second kappa shape index (κ2) is 5.58. The third-order valence-corrected chi connectivity index (χ3v) is 3.69. The molecule has 1 unspecified atom stereocenters. The van der Waals surface area contributed by atoms with E-state index < -0.39 is 6.10 Å². The maximum absolute atomic E-state index is 10.2. The van der Waals surface area contributed by atoms with E-state index in [2.05, 4.69) is 28.5 Å². The number of aryl methyl sites for hydroxylation is 1. The van der Waals surface area contributed by atoms with Crippen LogP contribution in [0.5, 0.6) is 0 Å². The molecule has 0 aromatic carbocycles. The molecule has 98 valence electrons. The van der Waals surface area contributed by atoms with E-state index >= 15 is 0 Å². The summed E-state index contributed by atoms with van der Waals surface area (Å²) in [7, 11) is 0. The van der Waals surface area contributed by atoms with Crippen LogP contribution in [0.25, 0.3) is 0 Å². The minimum Gasteiger partial charge on any atom is -0.387 e. The number of nitrogens with zero attached hydrogens (tertiary/aromatic N) is 4. The zero-order chi connectivity index (χ0) is 13.1. The maximum atomic E-state index is 10.2. The van der Waals surface area contributed by atoms with Gasteiger partial charge < -0.3 is 5.11 Å². The standard InChI is InChI=1S/C12H18N4OS/c1-4-10-12(18-15-13-10)11(17)7-9-5-6-16(14-9)8(2)3/h5-6,8,11,17H,4,7H2,1-3H3. The summed E-state index contributed by atoms with van der Waals surface area (Å²) in [5.41, 5.74) is 1.78. The zero-order valence-electron chi connectivity index (χ0n) is 10.9. The molecule has 0 saturated heterocycles. The maximum Gasteiger partial charge on any atom is 0.0973 e. The first-order valence-electron chi connectivity index (χ1n) is 6.15. The molecule has 1 atom stereocenters. The van der Waals surface area contributed by atoms with Crippen LogP contribution in [0.1, 0.15) is 49.2 Å². The Hall–Kier alpha value is -1.27. The average molecular weight is 266 g/mol. The predicted molar refractivity (Wildman–Crippen MR) is 70.6 cm³/mol. The van der Waals surface area contributed by atoms with Crippen LogP contribution >= 0.6 is 11.5 Å². The molecule has 0 aliphatic rings. The summed E-state index contributed by atoms with van der Waals surface area (Å²) < 4.78 is 5.79. The van der Waals surface area contributed by atoms with Gasteiger partial charge in [-0.1, -0.05) is 11.4 Å². The van der Waals surface area contributed by atoms with E-state index in [1.165, 1.54) is 11.5 Å². The number of aliphatic hydroxyl groups is 1. The highest BCUT2D eigenvalue weighted by Crippen LogP contribution is 2.23. The summed E-state index contributed by atoms with van der Waals surface area (Å²) in [6.45, 7) is 6.17. The van der Waals surface area contributed by atoms with Crippen molar-refractivity contribution in [2.45, 2.75) is 45.8 Å². The molecule has 0 spiro atoms. The molecular weight excluding hydrogens is 248 g/mol. The molecule has 0 saturated carbocycles. The van der Waals surface area contributed by atoms with Gasteiger partial charge in [-0.3, -0.25) is 4.68 Å². The lowest BCUT2D eigenvalue weighted by atomic mass is 10.1. The van der Waals surface area contributed by atoms with Crippen molar-refractivity contribution in [3.8, 4) is 0 Å². The SMILES string of the molecule is CCc1nnsc1C(O)Cc1ccn(C(C)C)n1. The van der Waals surface area contributed by atoms with Crippen molar-refractivity contribution in [3.63, 3.8) is 0 Å². The van der Waals surface area contributed by atoms with Gasteiger partial charge in [-0.15, -0.1) is 5.10 Å². The van der Waals surface area contributed by atoms with Gasteiger partial charge in [-0.05, 0) is 37.9 Å². The highest BCUT2D eigenvalue weighted by Gasteiger charge is 2.17. The van der Waals surface area contributed by atoms with Crippen molar-refractivity contribution in [2.75, 3.05) is 0 Å². The number of hydrogen-bond donors (Lipinski definition) is 1. The van der Waals surface area contributed by atoms with Gasteiger partial charge in [0.05, 0.1) is 22.4 Å². The van der Waals surface area contributed by atoms with Crippen LogP contribution < -0.4 is 0 Å². The molecule has 0 bridgehead atoms. The highest BCUT2D eigenvalue weighted by atomic mass is 32.1. The van der Waals surface area contributed by atoms with Gasteiger partial charge in [0, 0.05) is 18.7 Å². The Morgan fingerprint density at radius 2 is 2.22 bits per heavy atom. The molecule has 5 nitrogen and oxygen atoms in total. The minimum absolute atomic E-state index is 0.340. The van der Waals surface area contributed by atoms with Crippen molar-refractivity contribution in [2.24, 2.45) is 0 Å². The lowest BCUT2D eigenvalue weighted by molar-refractivity contribution is 0.179. The second-order valence-electron chi connectivity index (χ2n) is 4.54. The quantitative estimate of drug-likeness (QED) is 0.900. The fourth-order valence-electron chi connectivity index (χ4n) is 1.78. The van der Waals surface area contributed by atoms with Crippen molar-refractivity contribution in [1.82, 2.24) is 19.4 Å². The summed E-state index contributed by atoms with van der Waals surface area (Å²) in [6.07, 6.45) is 2.69. The van der Waals surface area contributed by atoms with E-state index in [0.29, 0.717) is 12.5 Å². The monoisotopic (exact) mass is 266 g/mol. The summed E-state index contributed by atoms with van der Waals surface area (Å²) in [5.74, 6) is 0. The first kappa shape index (κ1) is 13.2. The van der Waals surface area contributed by atoms with Crippen LogP contribution in [0.3, 0.4) is 0 Å². The van der Waals surface area contributed by atoms with Gasteiger partial charge in [0.15, 0.2) is 0 Å². The molecule has 18 heavy (non-hydrogen) atoms. The topological polar surface area (TPSA) is 63.8 Å². The smallest absolute Gasteiger partial charge is 0.0973 e. The molecule has 0 radical (unpaired) electrons. The van der Waals surface area contributed by atoms with E-state index in [-0.39, 0.29) is 0 Å². The van der Waals surface area contributed by atoms with E-state index in [9.17, 15) is 5.11 Å². The molecule has 2 aromatic rings. The average Bonchev–Trinajstić information content (AvgIpc) is 2.96. The lowest BCUT2D eigenvalue weighted by Crippen LogP contribution is -2.06. The Morgan fingerprint density at radius 1 is 1.44 bits per heavy atom. The predicted octanol–water partition coefficient (Wildman–Crippen LogP) is 2.15. The lowest BCUT2D eigenvalue weighted by Gasteiger charge is -2.08. The summed E-state index contributed by atoms with van der Waals surface area (Å²) in [6, 6.07) is 2.29. The first-order valence-corrected chi connectivity index (χ1v) is 6.92. The third-order valence-electron chi connectivity index (χ3n) is 2.82. The van der Waals surface area contributed by atoms with E-state index in [4.69, 9.17) is 0 Å². The van der Waals surface area contributed by atoms with Crippen LogP contribution in [0, 0.1) is 0 Å². The van der Waals surface area contributed by atoms with Crippen LogP contribution in [0.15, 0.2) is 12.3 Å². The summed E-state index contributed by atoms with van der Waals surface area (Å²) in [5, 5.41) is 18.7. The normalized spacial score (nSPS) is 13.2. The van der Waals surface area contributed by atoms with Crippen molar-refractivity contribution in [1.29, 1.82) is 0 Å². The van der Waals surface area contributed by atoms with E-state index in [0.717, 1.165) is 22.7 Å². The Morgan fingerprint density at radius 3 is 2.83 bits per heavy atom. The van der Waals surface area contributed by atoms with Crippen molar-refractivity contribution in [3.05, 3.63) is 28.5 Å². The first-order chi connectivity index (χ1) is 8.61. The third kappa shape index (κ3) is 2.76. The Balaban J connectivity index is 2.08. The molecule has 2 aromatic heterocycles. The van der Waals surface area contributed by atoms with Crippen LogP contribution in [-0.4, -0.2) is 24.5 Å². The fourth-order valence-corrected chi connectivity index (χ4v) is 2.50. The molecule has 2 rings (SSSR count). The van der Waals surface area contributed by atoms with Crippen molar-refractivity contribution < 1.29 is 5.11 Å². The van der Waals surface area contributed by atoms with E-state index in [1.54, 1.807) is 0 Å². The Kier molecular flexibility index (Phi) is 4.08. The van der Waals surface area contributed by atoms with Crippen LogP contribution in [0.4, 0.5) is 0 Å². The van der Waals surface area contributed by atoms with Gasteiger partial charge in [0.2, 0.25) is 0 Å². The van der Waals surface area contributed by atoms with Gasteiger partial charge in [0.1, 0.15) is 0 Å². The zero-order valence-corrected chi connectivity index (χ0v) is 11.7. The molecule has 1 N–H and O–H groups in total. The number of hydrogen-bond acceptors (Lipinski definition) is 5. The van der Waals surface area contributed by atoms with Gasteiger partial charge >= 0.3 is 0 Å². The highest BCUT2D eigenvalue weighted by molar-refractivity contribution is 7.05.